The van der Waals surface area contributed by atoms with Gasteiger partial charge in [-0.15, -0.1) is 0 Å². The van der Waals surface area contributed by atoms with Crippen molar-refractivity contribution >= 4 is 41.4 Å². The fourth-order valence-corrected chi connectivity index (χ4v) is 5.07. The van der Waals surface area contributed by atoms with E-state index in [-0.39, 0.29) is 0 Å². The highest BCUT2D eigenvalue weighted by molar-refractivity contribution is 7.99. The van der Waals surface area contributed by atoms with Crippen molar-refractivity contribution in [3.05, 3.63) is 90.1 Å². The van der Waals surface area contributed by atoms with E-state index in [1.54, 1.807) is 0 Å². The minimum Gasteiger partial charge on any atom is -0.426 e. The maximum atomic E-state index is 11.2. The van der Waals surface area contributed by atoms with Gasteiger partial charge in [0.05, 0.1) is 5.69 Å². The monoisotopic (exact) mass is 504 g/mol. The van der Waals surface area contributed by atoms with Crippen LogP contribution in [0.25, 0.3) is 11.1 Å². The smallest absolute Gasteiger partial charge is 0.298 e. The molecule has 0 saturated heterocycles. The lowest BCUT2D eigenvalue weighted by Gasteiger charge is -2.25. The van der Waals surface area contributed by atoms with Crippen molar-refractivity contribution in [2.75, 3.05) is 18.5 Å². The number of anilines is 1. The zero-order chi connectivity index (χ0) is 24.6. The first-order chi connectivity index (χ1) is 17.1. The largest absolute Gasteiger partial charge is 0.426 e. The van der Waals surface area contributed by atoms with E-state index in [0.29, 0.717) is 23.9 Å². The molecule has 3 N–H and O–H groups in total. The molecule has 1 aliphatic rings. The van der Waals surface area contributed by atoms with Crippen molar-refractivity contribution in [3.8, 4) is 16.9 Å². The summed E-state index contributed by atoms with van der Waals surface area (Å²) < 4.78 is 8.36. The molecule has 0 amide bonds. The molecule has 0 fully saturated rings. The van der Waals surface area contributed by atoms with Crippen LogP contribution in [0.1, 0.15) is 16.7 Å². The van der Waals surface area contributed by atoms with Crippen LogP contribution in [0, 0.1) is 0 Å². The van der Waals surface area contributed by atoms with Crippen LogP contribution < -0.4 is 25.0 Å². The Morgan fingerprint density at radius 2 is 2.03 bits per heavy atom. The van der Waals surface area contributed by atoms with Crippen molar-refractivity contribution in [2.24, 2.45) is 0 Å². The number of carbonyl (C=O) groups excluding carboxylic acids is 1. The second-order valence-corrected chi connectivity index (χ2v) is 9.40. The zero-order valence-corrected chi connectivity index (χ0v) is 21.2. The molecule has 0 spiro atoms. The third-order valence-electron chi connectivity index (χ3n) is 5.87. The average Bonchev–Trinajstić information content (AvgIpc) is 2.88. The highest BCUT2D eigenvalue weighted by Gasteiger charge is 2.17. The lowest BCUT2D eigenvalue weighted by atomic mass is 9.89. The Bertz CT molecular complexity index is 1230. The molecule has 3 aromatic carbocycles. The molecule has 3 aromatic rings. The first-order valence-corrected chi connectivity index (χ1v) is 12.5. The van der Waals surface area contributed by atoms with Gasteiger partial charge in [0.15, 0.2) is 10.9 Å². The van der Waals surface area contributed by atoms with Crippen LogP contribution in [-0.4, -0.2) is 25.2 Å². The van der Waals surface area contributed by atoms with Crippen LogP contribution in [0.15, 0.2) is 78.3 Å². The van der Waals surface area contributed by atoms with Crippen LogP contribution in [0.3, 0.4) is 0 Å². The SMILES string of the molecule is C=CNC(=S)NSc1ccc(N(C)Cc2ccccc2-c2cccc3c2CCNC3)c(OC=O)c1. The molecule has 35 heavy (non-hydrogen) atoms. The highest BCUT2D eigenvalue weighted by Crippen LogP contribution is 2.35. The maximum Gasteiger partial charge on any atom is 0.298 e. The molecular formula is C27H28N4O2S2. The van der Waals surface area contributed by atoms with Gasteiger partial charge in [-0.05, 0) is 89.3 Å². The number of benzene rings is 3. The van der Waals surface area contributed by atoms with Gasteiger partial charge in [0.25, 0.3) is 6.47 Å². The Labute approximate surface area is 215 Å². The molecular weight excluding hydrogens is 476 g/mol. The van der Waals surface area contributed by atoms with Crippen molar-refractivity contribution in [1.29, 1.82) is 0 Å². The molecule has 1 heterocycles. The maximum absolute atomic E-state index is 11.2. The summed E-state index contributed by atoms with van der Waals surface area (Å²) in [5.74, 6) is 0.484. The van der Waals surface area contributed by atoms with Crippen LogP contribution >= 0.6 is 24.2 Å². The van der Waals surface area contributed by atoms with Crippen LogP contribution in [0.2, 0.25) is 0 Å². The van der Waals surface area contributed by atoms with Gasteiger partial charge >= 0.3 is 0 Å². The van der Waals surface area contributed by atoms with Gasteiger partial charge in [-0.2, -0.15) is 0 Å². The van der Waals surface area contributed by atoms with E-state index in [0.717, 1.165) is 30.1 Å². The molecule has 8 heteroatoms. The second kappa shape index (κ2) is 11.9. The molecule has 180 valence electrons. The van der Waals surface area contributed by atoms with Gasteiger partial charge in [-0.1, -0.05) is 49.0 Å². The standard InChI is InChI=1S/C27H28N4O2S2/c1-3-29-27(34)30-35-21-11-12-25(26(15-21)33-18-32)31(2)17-20-7-4-5-9-22(20)24-10-6-8-19-16-28-14-13-23(19)24/h3-12,15,18,28H,1,13-14,16-17H2,2H3,(H2,29,30,34). The lowest BCUT2D eigenvalue weighted by molar-refractivity contribution is -0.120. The molecule has 0 aromatic heterocycles. The molecule has 6 nitrogen and oxygen atoms in total. The molecule has 1 aliphatic heterocycles. The summed E-state index contributed by atoms with van der Waals surface area (Å²) in [6.45, 7) is 6.60. The van der Waals surface area contributed by atoms with Gasteiger partial charge in [0, 0.05) is 25.0 Å². The Morgan fingerprint density at radius 3 is 2.86 bits per heavy atom. The van der Waals surface area contributed by atoms with Crippen molar-refractivity contribution in [1.82, 2.24) is 15.4 Å². The summed E-state index contributed by atoms with van der Waals surface area (Å²) >= 11 is 6.48. The van der Waals surface area contributed by atoms with Gasteiger partial charge < -0.3 is 25.0 Å². The summed E-state index contributed by atoms with van der Waals surface area (Å²) in [6, 6.07) is 20.8. The van der Waals surface area contributed by atoms with Crippen molar-refractivity contribution in [2.45, 2.75) is 24.4 Å². The van der Waals surface area contributed by atoms with Crippen LogP contribution in [-0.2, 0) is 24.3 Å². The number of hydrogen-bond acceptors (Lipinski definition) is 6. The fourth-order valence-electron chi connectivity index (χ4n) is 4.29. The van der Waals surface area contributed by atoms with Crippen LogP contribution in [0.5, 0.6) is 5.75 Å². The van der Waals surface area contributed by atoms with Gasteiger partial charge in [-0.25, -0.2) is 0 Å². The summed E-state index contributed by atoms with van der Waals surface area (Å²) in [5.41, 5.74) is 7.34. The van der Waals surface area contributed by atoms with E-state index in [1.807, 2.05) is 25.2 Å². The second-order valence-electron chi connectivity index (χ2n) is 8.11. The quantitative estimate of drug-likeness (QED) is 0.219. The normalized spacial score (nSPS) is 12.3. The van der Waals surface area contributed by atoms with Crippen molar-refractivity contribution < 1.29 is 9.53 Å². The van der Waals surface area contributed by atoms with Crippen molar-refractivity contribution in [3.63, 3.8) is 0 Å². The molecule has 0 radical (unpaired) electrons. The summed E-state index contributed by atoms with van der Waals surface area (Å²) in [5, 5.41) is 6.72. The average molecular weight is 505 g/mol. The van der Waals surface area contributed by atoms with Gasteiger partial charge in [0.2, 0.25) is 0 Å². The Balaban J connectivity index is 1.59. The number of rotatable bonds is 9. The zero-order valence-electron chi connectivity index (χ0n) is 19.5. The predicted octanol–water partition coefficient (Wildman–Crippen LogP) is 4.79. The number of nitrogens with one attached hydrogen (secondary N) is 3. The third kappa shape index (κ3) is 6.03. The van der Waals surface area contributed by atoms with E-state index in [9.17, 15) is 4.79 Å². The predicted molar refractivity (Wildman–Crippen MR) is 147 cm³/mol. The Morgan fingerprint density at radius 1 is 1.20 bits per heavy atom. The first-order valence-electron chi connectivity index (χ1n) is 11.3. The number of ether oxygens (including phenoxy) is 1. The molecule has 0 aliphatic carbocycles. The minimum absolute atomic E-state index is 0.444. The molecule has 0 unspecified atom stereocenters. The number of fused-ring (bicyclic) bond motifs is 1. The topological polar surface area (TPSA) is 65.6 Å². The Hall–Kier alpha value is -3.33. The van der Waals surface area contributed by atoms with Gasteiger partial charge in [0.1, 0.15) is 0 Å². The molecule has 4 rings (SSSR count). The molecule has 0 atom stereocenters. The highest BCUT2D eigenvalue weighted by atomic mass is 32.2. The van der Waals surface area contributed by atoms with Crippen LogP contribution in [0.4, 0.5) is 5.69 Å². The Kier molecular flexibility index (Phi) is 8.41. The van der Waals surface area contributed by atoms with E-state index in [1.165, 1.54) is 46.0 Å². The van der Waals surface area contributed by atoms with Gasteiger partial charge in [-0.3, -0.25) is 4.79 Å². The van der Waals surface area contributed by atoms with E-state index in [2.05, 4.69) is 69.3 Å². The number of hydrogen-bond donors (Lipinski definition) is 3. The third-order valence-corrected chi connectivity index (χ3v) is 7.01. The fraction of sp³-hybridized carbons (Fsp3) is 0.185. The number of nitrogens with zero attached hydrogens (tertiary/aromatic N) is 1. The minimum atomic E-state index is 0.444. The van der Waals surface area contributed by atoms with E-state index in [4.69, 9.17) is 17.0 Å². The number of carbonyl (C=O) groups is 1. The number of thiocarbonyl (C=S) groups is 1. The summed E-state index contributed by atoms with van der Waals surface area (Å²) in [6.07, 6.45) is 2.53. The van der Waals surface area contributed by atoms with E-state index >= 15 is 0 Å². The summed E-state index contributed by atoms with van der Waals surface area (Å²) in [7, 11) is 2.00. The molecule has 0 saturated carbocycles. The lowest BCUT2D eigenvalue weighted by Crippen LogP contribution is -2.26. The van der Waals surface area contributed by atoms with E-state index < -0.39 is 0 Å². The first kappa shape index (κ1) is 24.8. The summed E-state index contributed by atoms with van der Waals surface area (Å²) in [4.78, 5) is 14.2. The molecule has 0 bridgehead atoms.